The molecule has 8 heteroatoms. The second-order valence-corrected chi connectivity index (χ2v) is 5.37. The Morgan fingerprint density at radius 3 is 2.62 bits per heavy atom. The van der Waals surface area contributed by atoms with Gasteiger partial charge in [-0.3, -0.25) is 4.79 Å². The van der Waals surface area contributed by atoms with Crippen LogP contribution in [0.1, 0.15) is 24.5 Å². The molecule has 0 atom stereocenters. The van der Waals surface area contributed by atoms with Crippen molar-refractivity contribution < 1.29 is 4.79 Å². The molecule has 0 saturated heterocycles. The Kier molecular flexibility index (Phi) is 10.3. The predicted molar refractivity (Wildman–Crippen MR) is 98.4 cm³/mol. The van der Waals surface area contributed by atoms with E-state index in [-0.39, 0.29) is 36.4 Å². The molecule has 0 bridgehead atoms. The van der Waals surface area contributed by atoms with Crippen LogP contribution in [0, 0.1) is 0 Å². The van der Waals surface area contributed by atoms with Crippen LogP contribution in [0.25, 0.3) is 0 Å². The summed E-state index contributed by atoms with van der Waals surface area (Å²) in [6.45, 7) is 5.57. The predicted octanol–water partition coefficient (Wildman–Crippen LogP) is 1.47. The van der Waals surface area contributed by atoms with Gasteiger partial charge in [0, 0.05) is 26.0 Å². The molecule has 21 heavy (non-hydrogen) atoms. The van der Waals surface area contributed by atoms with Crippen molar-refractivity contribution in [3.63, 3.8) is 0 Å². The zero-order valence-electron chi connectivity index (χ0n) is 13.0. The molecule has 0 radical (unpaired) electrons. The summed E-state index contributed by atoms with van der Waals surface area (Å²) in [4.78, 5) is 22.0. The highest BCUT2D eigenvalue weighted by Crippen LogP contribution is 2.10. The van der Waals surface area contributed by atoms with E-state index in [2.05, 4.69) is 27.5 Å². The number of aromatic nitrogens is 1. The first-order valence-corrected chi connectivity index (χ1v) is 7.60. The largest absolute Gasteiger partial charge is 0.357 e. The number of carbonyl (C=O) groups is 1. The third-order valence-corrected chi connectivity index (χ3v) is 3.59. The molecule has 0 saturated carbocycles. The molecule has 1 aromatic heterocycles. The van der Waals surface area contributed by atoms with Crippen LogP contribution in [0.5, 0.6) is 0 Å². The van der Waals surface area contributed by atoms with Gasteiger partial charge in [0.25, 0.3) is 0 Å². The number of hydrogen-bond donors (Lipinski definition) is 2. The highest BCUT2D eigenvalue weighted by molar-refractivity contribution is 14.0. The fourth-order valence-corrected chi connectivity index (χ4v) is 2.14. The molecule has 6 nitrogen and oxygen atoms in total. The molecule has 0 aromatic carbocycles. The average molecular weight is 425 g/mol. The van der Waals surface area contributed by atoms with Gasteiger partial charge in [-0.2, -0.15) is 0 Å². The summed E-state index contributed by atoms with van der Waals surface area (Å²) >= 11 is 1.65. The van der Waals surface area contributed by atoms with Crippen LogP contribution in [0.3, 0.4) is 0 Å². The fourth-order valence-electron chi connectivity index (χ4n) is 1.40. The van der Waals surface area contributed by atoms with E-state index in [1.165, 1.54) is 0 Å². The maximum absolute atomic E-state index is 11.5. The highest BCUT2D eigenvalue weighted by atomic mass is 127. The number of nitrogens with one attached hydrogen (secondary N) is 2. The lowest BCUT2D eigenvalue weighted by atomic mass is 10.4. The van der Waals surface area contributed by atoms with Crippen molar-refractivity contribution in [2.24, 2.45) is 4.99 Å². The van der Waals surface area contributed by atoms with Gasteiger partial charge in [0.1, 0.15) is 0 Å². The number of carbonyl (C=O) groups excluding carboxylic acids is 1. The summed E-state index contributed by atoms with van der Waals surface area (Å²) in [6.07, 6.45) is 0.948. The third-order valence-electron chi connectivity index (χ3n) is 2.55. The topological polar surface area (TPSA) is 69.6 Å². The first kappa shape index (κ1) is 20.1. The number of halogens is 1. The van der Waals surface area contributed by atoms with E-state index in [9.17, 15) is 4.79 Å². The molecule has 1 heterocycles. The smallest absolute Gasteiger partial charge is 0.241 e. The monoisotopic (exact) mass is 425 g/mol. The molecule has 0 spiro atoms. The second kappa shape index (κ2) is 10.8. The first-order chi connectivity index (χ1) is 9.56. The Morgan fingerprint density at radius 1 is 1.38 bits per heavy atom. The first-order valence-electron chi connectivity index (χ1n) is 6.72. The molecule has 1 amide bonds. The van der Waals surface area contributed by atoms with Crippen molar-refractivity contribution in [3.05, 3.63) is 16.1 Å². The van der Waals surface area contributed by atoms with Crippen LogP contribution < -0.4 is 10.6 Å². The number of amides is 1. The molecule has 2 N–H and O–H groups in total. The van der Waals surface area contributed by atoms with Gasteiger partial charge in [0.15, 0.2) is 5.96 Å². The number of hydrogen-bond acceptors (Lipinski definition) is 4. The van der Waals surface area contributed by atoms with E-state index in [1.54, 1.807) is 30.3 Å². The Labute approximate surface area is 147 Å². The third kappa shape index (κ3) is 7.60. The summed E-state index contributed by atoms with van der Waals surface area (Å²) in [6, 6.07) is 0. The second-order valence-electron chi connectivity index (χ2n) is 4.42. The number of thiazole rings is 1. The minimum atomic E-state index is 0. The van der Waals surface area contributed by atoms with E-state index in [0.29, 0.717) is 12.5 Å². The highest BCUT2D eigenvalue weighted by Gasteiger charge is 2.05. The van der Waals surface area contributed by atoms with E-state index < -0.39 is 0 Å². The van der Waals surface area contributed by atoms with Gasteiger partial charge in [-0.15, -0.1) is 35.3 Å². The van der Waals surface area contributed by atoms with E-state index in [0.717, 1.165) is 23.7 Å². The Bertz CT molecular complexity index is 461. The lowest BCUT2D eigenvalue weighted by Crippen LogP contribution is -2.42. The van der Waals surface area contributed by atoms with Crippen LogP contribution in [0.2, 0.25) is 0 Å². The number of likely N-dealkylation sites (N-methyl/N-ethyl adjacent to an activating group) is 1. The lowest BCUT2D eigenvalue weighted by Gasteiger charge is -2.13. The van der Waals surface area contributed by atoms with E-state index in [1.807, 2.05) is 12.3 Å². The maximum atomic E-state index is 11.5. The van der Waals surface area contributed by atoms with E-state index in [4.69, 9.17) is 0 Å². The van der Waals surface area contributed by atoms with E-state index >= 15 is 0 Å². The average Bonchev–Trinajstić information content (AvgIpc) is 2.89. The van der Waals surface area contributed by atoms with Crippen molar-refractivity contribution in [1.29, 1.82) is 0 Å². The zero-order chi connectivity index (χ0) is 15.0. The summed E-state index contributed by atoms with van der Waals surface area (Å²) in [5.74, 6) is 0.645. The van der Waals surface area contributed by atoms with Crippen LogP contribution in [-0.4, -0.2) is 48.9 Å². The molecule has 0 unspecified atom stereocenters. The van der Waals surface area contributed by atoms with Gasteiger partial charge in [-0.1, -0.05) is 6.92 Å². The summed E-state index contributed by atoms with van der Waals surface area (Å²) in [5, 5.41) is 9.27. The number of rotatable bonds is 6. The molecule has 0 aliphatic heterocycles. The van der Waals surface area contributed by atoms with Crippen LogP contribution in [-0.2, 0) is 17.8 Å². The SMILES string of the molecule is CCNC(=NCc1csc(CC)n1)NCC(=O)N(C)C.I. The minimum Gasteiger partial charge on any atom is -0.357 e. The summed E-state index contributed by atoms with van der Waals surface area (Å²) in [7, 11) is 3.46. The molecular weight excluding hydrogens is 401 g/mol. The quantitative estimate of drug-likeness (QED) is 0.412. The number of nitrogens with zero attached hydrogens (tertiary/aromatic N) is 3. The number of aliphatic imine (C=N–C) groups is 1. The molecule has 1 aromatic rings. The minimum absolute atomic E-state index is 0. The Morgan fingerprint density at radius 2 is 2.10 bits per heavy atom. The zero-order valence-corrected chi connectivity index (χ0v) is 16.1. The Hall–Kier alpha value is -0.900. The molecular formula is C13H24IN5OS. The van der Waals surface area contributed by atoms with Gasteiger partial charge in [-0.25, -0.2) is 9.98 Å². The van der Waals surface area contributed by atoms with Gasteiger partial charge in [0.2, 0.25) is 5.91 Å². The molecule has 120 valence electrons. The summed E-state index contributed by atoms with van der Waals surface area (Å²) < 4.78 is 0. The fraction of sp³-hybridized carbons (Fsp3) is 0.615. The van der Waals surface area contributed by atoms with Crippen molar-refractivity contribution >= 4 is 47.2 Å². The Balaban J connectivity index is 0.00000400. The van der Waals surface area contributed by atoms with Crippen LogP contribution in [0.15, 0.2) is 10.4 Å². The van der Waals surface area contributed by atoms with Gasteiger partial charge in [0.05, 0.1) is 23.8 Å². The van der Waals surface area contributed by atoms with Crippen molar-refractivity contribution in [1.82, 2.24) is 20.5 Å². The molecule has 1 rings (SSSR count). The number of aryl methyl sites for hydroxylation is 1. The normalized spacial score (nSPS) is 10.8. The van der Waals surface area contributed by atoms with Crippen molar-refractivity contribution in [2.75, 3.05) is 27.2 Å². The van der Waals surface area contributed by atoms with Crippen molar-refractivity contribution in [2.45, 2.75) is 26.8 Å². The molecule has 0 aliphatic carbocycles. The van der Waals surface area contributed by atoms with Crippen LogP contribution in [0.4, 0.5) is 0 Å². The van der Waals surface area contributed by atoms with Gasteiger partial charge >= 0.3 is 0 Å². The molecule has 0 fully saturated rings. The van der Waals surface area contributed by atoms with Crippen LogP contribution >= 0.6 is 35.3 Å². The number of guanidine groups is 1. The summed E-state index contributed by atoms with van der Waals surface area (Å²) in [5.41, 5.74) is 0.961. The lowest BCUT2D eigenvalue weighted by molar-refractivity contribution is -0.127. The van der Waals surface area contributed by atoms with Gasteiger partial charge < -0.3 is 15.5 Å². The maximum Gasteiger partial charge on any atom is 0.241 e. The molecule has 0 aliphatic rings. The standard InChI is InChI=1S/C13H23N5OS.HI/c1-5-11-17-10(9-20-11)7-15-13(14-6-2)16-8-12(19)18(3)4;/h9H,5-8H2,1-4H3,(H2,14,15,16);1H. The van der Waals surface area contributed by atoms with Gasteiger partial charge in [-0.05, 0) is 13.3 Å². The van der Waals surface area contributed by atoms with Crippen molar-refractivity contribution in [3.8, 4) is 0 Å².